The zero-order valence-corrected chi connectivity index (χ0v) is 15.6. The van der Waals surface area contributed by atoms with Crippen LogP contribution in [0.25, 0.3) is 6.08 Å². The molecule has 0 saturated carbocycles. The predicted octanol–water partition coefficient (Wildman–Crippen LogP) is 2.05. The SMILES string of the molecule is COc1ccc(C=C2C(=O)NC(=O)NC2=O)cc1Oc1ccc([N+](=O)[O-])cc1[N+](=O)[O-]. The molecule has 158 valence electrons. The van der Waals surface area contributed by atoms with Crippen LogP contribution in [0.2, 0.25) is 0 Å². The number of benzene rings is 2. The summed E-state index contributed by atoms with van der Waals surface area (Å²) >= 11 is 0. The van der Waals surface area contributed by atoms with Crippen molar-refractivity contribution in [3.63, 3.8) is 0 Å². The first-order chi connectivity index (χ1) is 14.7. The summed E-state index contributed by atoms with van der Waals surface area (Å²) in [5.41, 5.74) is -1.22. The summed E-state index contributed by atoms with van der Waals surface area (Å²) < 4.78 is 10.7. The summed E-state index contributed by atoms with van der Waals surface area (Å²) in [5, 5.41) is 26.1. The maximum absolute atomic E-state index is 11.9. The standard InChI is InChI=1S/C18H12N4O9/c1-30-14-4-2-9(6-11-16(23)19-18(25)20-17(11)24)7-15(14)31-13-5-3-10(21(26)27)8-12(13)22(28)29/h2-8H,1H3,(H2,19,20,23,24,25). The van der Waals surface area contributed by atoms with Gasteiger partial charge in [0.1, 0.15) is 5.57 Å². The van der Waals surface area contributed by atoms with Crippen molar-refractivity contribution in [2.45, 2.75) is 0 Å². The van der Waals surface area contributed by atoms with Gasteiger partial charge in [0.15, 0.2) is 11.5 Å². The fraction of sp³-hybridized carbons (Fsp3) is 0.0556. The van der Waals surface area contributed by atoms with Crippen molar-refractivity contribution in [3.8, 4) is 17.2 Å². The Morgan fingerprint density at radius 1 is 0.871 bits per heavy atom. The number of hydrogen-bond donors (Lipinski definition) is 2. The molecule has 3 rings (SSSR count). The topological polar surface area (TPSA) is 180 Å². The highest BCUT2D eigenvalue weighted by Crippen LogP contribution is 2.38. The third kappa shape index (κ3) is 4.45. The van der Waals surface area contributed by atoms with Gasteiger partial charge >= 0.3 is 11.7 Å². The van der Waals surface area contributed by atoms with Crippen molar-refractivity contribution in [1.29, 1.82) is 0 Å². The van der Waals surface area contributed by atoms with E-state index in [0.717, 1.165) is 18.2 Å². The molecule has 1 aliphatic heterocycles. The molecule has 2 N–H and O–H groups in total. The Kier molecular flexibility index (Phi) is 5.59. The number of carbonyl (C=O) groups excluding carboxylic acids is 3. The first-order valence-electron chi connectivity index (χ1n) is 8.36. The van der Waals surface area contributed by atoms with Gasteiger partial charge in [0.05, 0.1) is 23.0 Å². The van der Waals surface area contributed by atoms with Crippen molar-refractivity contribution in [2.24, 2.45) is 0 Å². The molecule has 2 aromatic carbocycles. The predicted molar refractivity (Wildman–Crippen MR) is 102 cm³/mol. The maximum atomic E-state index is 11.9. The van der Waals surface area contributed by atoms with Crippen molar-refractivity contribution in [3.05, 3.63) is 67.8 Å². The first-order valence-corrected chi connectivity index (χ1v) is 8.36. The zero-order valence-electron chi connectivity index (χ0n) is 15.6. The van der Waals surface area contributed by atoms with Crippen LogP contribution in [0.5, 0.6) is 17.2 Å². The number of nitrogens with one attached hydrogen (secondary N) is 2. The van der Waals surface area contributed by atoms with Crippen LogP contribution in [0, 0.1) is 20.2 Å². The molecule has 1 fully saturated rings. The van der Waals surface area contributed by atoms with Gasteiger partial charge in [-0.15, -0.1) is 0 Å². The van der Waals surface area contributed by atoms with Crippen LogP contribution in [-0.4, -0.2) is 34.8 Å². The number of amides is 4. The number of imide groups is 2. The quantitative estimate of drug-likeness (QED) is 0.301. The highest BCUT2D eigenvalue weighted by atomic mass is 16.6. The van der Waals surface area contributed by atoms with E-state index >= 15 is 0 Å². The monoisotopic (exact) mass is 428 g/mol. The fourth-order valence-electron chi connectivity index (χ4n) is 2.60. The minimum absolute atomic E-state index is 0.0264. The third-order valence-corrected chi connectivity index (χ3v) is 4.01. The Morgan fingerprint density at radius 2 is 1.52 bits per heavy atom. The second-order valence-corrected chi connectivity index (χ2v) is 5.97. The van der Waals surface area contributed by atoms with Crippen LogP contribution in [0.15, 0.2) is 42.0 Å². The molecule has 1 heterocycles. The highest BCUT2D eigenvalue weighted by Gasteiger charge is 2.28. The number of ether oxygens (including phenoxy) is 2. The number of nitro benzene ring substituents is 2. The molecule has 0 aromatic heterocycles. The summed E-state index contributed by atoms with van der Waals surface area (Å²) in [6.07, 6.45) is 1.17. The lowest BCUT2D eigenvalue weighted by Crippen LogP contribution is -2.51. The van der Waals surface area contributed by atoms with Crippen molar-refractivity contribution >= 4 is 35.3 Å². The van der Waals surface area contributed by atoms with E-state index in [1.54, 1.807) is 0 Å². The lowest BCUT2D eigenvalue weighted by atomic mass is 10.1. The van der Waals surface area contributed by atoms with E-state index in [-0.39, 0.29) is 28.4 Å². The molecule has 0 spiro atoms. The molecule has 1 saturated heterocycles. The first kappa shape index (κ1) is 20.9. The lowest BCUT2D eigenvalue weighted by molar-refractivity contribution is -0.394. The molecule has 0 bridgehead atoms. The number of urea groups is 1. The Morgan fingerprint density at radius 3 is 2.10 bits per heavy atom. The average molecular weight is 428 g/mol. The van der Waals surface area contributed by atoms with E-state index in [1.165, 1.54) is 31.4 Å². The van der Waals surface area contributed by atoms with Crippen LogP contribution in [0.1, 0.15) is 5.56 Å². The molecule has 0 aliphatic carbocycles. The molecule has 1 aliphatic rings. The smallest absolute Gasteiger partial charge is 0.328 e. The summed E-state index contributed by atoms with van der Waals surface area (Å²) in [7, 11) is 1.32. The van der Waals surface area contributed by atoms with Crippen molar-refractivity contribution in [1.82, 2.24) is 10.6 Å². The normalized spacial score (nSPS) is 13.2. The molecule has 31 heavy (non-hydrogen) atoms. The summed E-state index contributed by atoms with van der Waals surface area (Å²) in [5.74, 6) is -1.97. The van der Waals surface area contributed by atoms with Crippen molar-refractivity contribution < 1.29 is 33.7 Å². The number of non-ortho nitro benzene ring substituents is 1. The fourth-order valence-corrected chi connectivity index (χ4v) is 2.60. The average Bonchev–Trinajstić information content (AvgIpc) is 2.70. The van der Waals surface area contributed by atoms with Gasteiger partial charge in [-0.3, -0.25) is 40.5 Å². The molecule has 4 amide bonds. The van der Waals surface area contributed by atoms with Crippen molar-refractivity contribution in [2.75, 3.05) is 7.11 Å². The summed E-state index contributed by atoms with van der Waals surface area (Å²) in [6.45, 7) is 0. The van der Waals surface area contributed by atoms with E-state index in [4.69, 9.17) is 9.47 Å². The van der Waals surface area contributed by atoms with Crippen LogP contribution in [0.3, 0.4) is 0 Å². The van der Waals surface area contributed by atoms with E-state index < -0.39 is 39.1 Å². The minimum atomic E-state index is -0.948. The largest absolute Gasteiger partial charge is 0.493 e. The Hall–Kier alpha value is -4.81. The van der Waals surface area contributed by atoms with Gasteiger partial charge in [-0.25, -0.2) is 4.79 Å². The number of carbonyl (C=O) groups is 3. The highest BCUT2D eigenvalue weighted by molar-refractivity contribution is 6.31. The molecule has 13 nitrogen and oxygen atoms in total. The van der Waals surface area contributed by atoms with Gasteiger partial charge in [0.2, 0.25) is 5.75 Å². The number of nitro groups is 2. The number of hydrogen-bond acceptors (Lipinski definition) is 9. The van der Waals surface area contributed by atoms with Gasteiger partial charge in [0.25, 0.3) is 17.5 Å². The van der Waals surface area contributed by atoms with Crippen LogP contribution >= 0.6 is 0 Å². The number of methoxy groups -OCH3 is 1. The lowest BCUT2D eigenvalue weighted by Gasteiger charge is -2.14. The summed E-state index contributed by atoms with van der Waals surface area (Å²) in [4.78, 5) is 55.5. The molecule has 0 unspecified atom stereocenters. The molecular formula is C18H12N4O9. The third-order valence-electron chi connectivity index (χ3n) is 4.01. The van der Waals surface area contributed by atoms with E-state index in [9.17, 15) is 34.6 Å². The summed E-state index contributed by atoms with van der Waals surface area (Å²) in [6, 6.07) is 6.12. The van der Waals surface area contributed by atoms with Gasteiger partial charge in [-0.1, -0.05) is 6.07 Å². The molecular weight excluding hydrogens is 416 g/mol. The van der Waals surface area contributed by atoms with Crippen LogP contribution in [-0.2, 0) is 9.59 Å². The van der Waals surface area contributed by atoms with E-state index in [2.05, 4.69) is 0 Å². The second kappa shape index (κ2) is 8.28. The molecule has 2 aromatic rings. The van der Waals surface area contributed by atoms with E-state index in [1.807, 2.05) is 10.6 Å². The number of rotatable bonds is 6. The Labute approximate surface area is 172 Å². The van der Waals surface area contributed by atoms with Crippen LogP contribution < -0.4 is 20.1 Å². The Bertz CT molecular complexity index is 1150. The van der Waals surface area contributed by atoms with Gasteiger partial charge in [-0.05, 0) is 29.8 Å². The zero-order chi connectivity index (χ0) is 22.7. The number of nitrogens with zero attached hydrogens (tertiary/aromatic N) is 2. The van der Waals surface area contributed by atoms with Crippen LogP contribution in [0.4, 0.5) is 16.2 Å². The molecule has 0 radical (unpaired) electrons. The Balaban J connectivity index is 2.01. The van der Waals surface area contributed by atoms with Gasteiger partial charge in [-0.2, -0.15) is 0 Å². The number of barbiturate groups is 1. The molecule has 0 atom stereocenters. The maximum Gasteiger partial charge on any atom is 0.328 e. The minimum Gasteiger partial charge on any atom is -0.493 e. The molecule has 13 heteroatoms. The second-order valence-electron chi connectivity index (χ2n) is 5.97. The van der Waals surface area contributed by atoms with Gasteiger partial charge in [0, 0.05) is 6.07 Å². The van der Waals surface area contributed by atoms with Gasteiger partial charge < -0.3 is 9.47 Å². The van der Waals surface area contributed by atoms with E-state index in [0.29, 0.717) is 0 Å².